The van der Waals surface area contributed by atoms with Gasteiger partial charge in [0, 0.05) is 23.1 Å². The van der Waals surface area contributed by atoms with Gasteiger partial charge in [0.05, 0.1) is 29.2 Å². The number of hydrogen-bond donors (Lipinski definition) is 3. The van der Waals surface area contributed by atoms with Gasteiger partial charge in [-0.25, -0.2) is 0 Å². The number of phenols is 1. The quantitative estimate of drug-likeness (QED) is 0.445. The fourth-order valence-electron chi connectivity index (χ4n) is 3.80. The minimum absolute atomic E-state index is 0.0214. The van der Waals surface area contributed by atoms with Gasteiger partial charge in [0.15, 0.2) is 11.2 Å². The lowest BCUT2D eigenvalue weighted by Crippen LogP contribution is -2.23. The summed E-state index contributed by atoms with van der Waals surface area (Å²) in [5.41, 5.74) is -0.845. The number of aliphatic hydroxyl groups is 2. The SMILES string of the molecule is C=CC(O)[C@@H](C)c1cc(=O)c2c(CO)cc3c(c2o1)C(=O)c1c(O)cccc1C3=O. The molecule has 0 amide bonds. The molecule has 1 aliphatic carbocycles. The monoisotopic (exact) mass is 406 g/mol. The van der Waals surface area contributed by atoms with Crippen LogP contribution in [0.1, 0.15) is 56.0 Å². The van der Waals surface area contributed by atoms with Gasteiger partial charge in [-0.1, -0.05) is 25.1 Å². The zero-order chi connectivity index (χ0) is 21.7. The molecule has 0 saturated carbocycles. The molecule has 0 radical (unpaired) electrons. The van der Waals surface area contributed by atoms with Gasteiger partial charge >= 0.3 is 0 Å². The van der Waals surface area contributed by atoms with E-state index < -0.39 is 35.6 Å². The second-order valence-electron chi connectivity index (χ2n) is 7.21. The zero-order valence-electron chi connectivity index (χ0n) is 16.0. The second-order valence-corrected chi connectivity index (χ2v) is 7.21. The van der Waals surface area contributed by atoms with E-state index >= 15 is 0 Å². The number of hydrogen-bond acceptors (Lipinski definition) is 7. The van der Waals surface area contributed by atoms with Crippen LogP contribution in [0.4, 0.5) is 0 Å². The Morgan fingerprint density at radius 2 is 1.83 bits per heavy atom. The second kappa shape index (κ2) is 7.05. The summed E-state index contributed by atoms with van der Waals surface area (Å²) < 4.78 is 5.87. The molecule has 0 saturated heterocycles. The van der Waals surface area contributed by atoms with Gasteiger partial charge < -0.3 is 19.7 Å². The molecule has 1 aliphatic rings. The van der Waals surface area contributed by atoms with Gasteiger partial charge in [0.1, 0.15) is 17.1 Å². The third kappa shape index (κ3) is 2.71. The fourth-order valence-corrected chi connectivity index (χ4v) is 3.80. The van der Waals surface area contributed by atoms with E-state index in [4.69, 9.17) is 4.42 Å². The molecule has 0 fully saturated rings. The highest BCUT2D eigenvalue weighted by Gasteiger charge is 2.36. The van der Waals surface area contributed by atoms with Crippen LogP contribution in [0, 0.1) is 0 Å². The Labute approximate surface area is 170 Å². The summed E-state index contributed by atoms with van der Waals surface area (Å²) in [5, 5.41) is 30.0. The molecular weight excluding hydrogens is 388 g/mol. The highest BCUT2D eigenvalue weighted by atomic mass is 16.3. The molecule has 0 bridgehead atoms. The molecule has 2 atom stereocenters. The van der Waals surface area contributed by atoms with Crippen molar-refractivity contribution < 1.29 is 29.3 Å². The van der Waals surface area contributed by atoms with Crippen molar-refractivity contribution in [1.29, 1.82) is 0 Å². The molecule has 152 valence electrons. The van der Waals surface area contributed by atoms with E-state index in [0.717, 1.165) is 0 Å². The molecule has 0 spiro atoms. The van der Waals surface area contributed by atoms with Gasteiger partial charge in [0.2, 0.25) is 5.78 Å². The Bertz CT molecular complexity index is 1300. The Morgan fingerprint density at radius 3 is 2.50 bits per heavy atom. The number of phenolic OH excluding ortho intramolecular Hbond substituents is 1. The van der Waals surface area contributed by atoms with Crippen LogP contribution in [0.3, 0.4) is 0 Å². The van der Waals surface area contributed by atoms with Crippen LogP contribution in [0.2, 0.25) is 0 Å². The number of aromatic hydroxyl groups is 1. The van der Waals surface area contributed by atoms with E-state index in [1.54, 1.807) is 6.92 Å². The maximum absolute atomic E-state index is 13.3. The van der Waals surface area contributed by atoms with Crippen LogP contribution in [0.15, 0.2) is 52.2 Å². The fraction of sp³-hybridized carbons (Fsp3) is 0.174. The molecule has 7 nitrogen and oxygen atoms in total. The van der Waals surface area contributed by atoms with E-state index in [1.807, 2.05) is 0 Å². The minimum atomic E-state index is -1.01. The van der Waals surface area contributed by atoms with Crippen molar-refractivity contribution in [3.8, 4) is 5.75 Å². The molecule has 3 aromatic rings. The smallest absolute Gasteiger partial charge is 0.202 e. The molecule has 1 aromatic heterocycles. The van der Waals surface area contributed by atoms with Crippen molar-refractivity contribution in [2.24, 2.45) is 0 Å². The van der Waals surface area contributed by atoms with Gasteiger partial charge in [-0.15, -0.1) is 6.58 Å². The maximum atomic E-state index is 13.3. The number of fused-ring (bicyclic) bond motifs is 4. The molecule has 4 rings (SSSR count). The first kappa shape index (κ1) is 19.8. The summed E-state index contributed by atoms with van der Waals surface area (Å²) in [6.07, 6.45) is 0.279. The van der Waals surface area contributed by atoms with E-state index in [1.165, 1.54) is 36.4 Å². The van der Waals surface area contributed by atoms with E-state index in [2.05, 4.69) is 6.58 Å². The standard InChI is InChI=1S/C23H18O7/c1-3-14(25)10(2)17-8-16(27)18-11(9-24)7-13-20(23(18)30-17)22(29)19-12(21(13)28)5-4-6-15(19)26/h3-8,10,14,24-26H,1,9H2,2H3/t10-,14?/m1/s1. The number of benzene rings is 2. The minimum Gasteiger partial charge on any atom is -0.507 e. The zero-order valence-corrected chi connectivity index (χ0v) is 16.0. The Balaban J connectivity index is 2.12. The number of carbonyl (C=O) groups is 2. The predicted octanol–water partition coefficient (Wildman–Crippen LogP) is 2.42. The lowest BCUT2D eigenvalue weighted by Gasteiger charge is -2.21. The van der Waals surface area contributed by atoms with Crippen molar-refractivity contribution in [3.63, 3.8) is 0 Å². The third-order valence-electron chi connectivity index (χ3n) is 5.46. The van der Waals surface area contributed by atoms with E-state index in [0.29, 0.717) is 0 Å². The van der Waals surface area contributed by atoms with Crippen molar-refractivity contribution in [2.45, 2.75) is 25.6 Å². The summed E-state index contributed by atoms with van der Waals surface area (Å²) in [6.45, 7) is 4.59. The molecule has 2 aromatic carbocycles. The summed E-state index contributed by atoms with van der Waals surface area (Å²) in [4.78, 5) is 39.2. The first-order valence-electron chi connectivity index (χ1n) is 9.26. The first-order valence-corrected chi connectivity index (χ1v) is 9.26. The van der Waals surface area contributed by atoms with Crippen LogP contribution in [-0.2, 0) is 6.61 Å². The lowest BCUT2D eigenvalue weighted by molar-refractivity contribution is 0.0976. The summed E-state index contributed by atoms with van der Waals surface area (Å²) in [7, 11) is 0. The van der Waals surface area contributed by atoms with Crippen molar-refractivity contribution >= 4 is 22.5 Å². The van der Waals surface area contributed by atoms with Crippen LogP contribution in [0.5, 0.6) is 5.75 Å². The van der Waals surface area contributed by atoms with Gasteiger partial charge in [-0.2, -0.15) is 0 Å². The van der Waals surface area contributed by atoms with Crippen LogP contribution in [-0.4, -0.2) is 33.0 Å². The predicted molar refractivity (Wildman–Crippen MR) is 108 cm³/mol. The topological polar surface area (TPSA) is 125 Å². The molecule has 7 heteroatoms. The molecular formula is C23H18O7. The normalized spacial score (nSPS) is 14.9. The van der Waals surface area contributed by atoms with Crippen molar-refractivity contribution in [3.05, 3.63) is 86.8 Å². The average molecular weight is 406 g/mol. The van der Waals surface area contributed by atoms with Crippen LogP contribution in [0.25, 0.3) is 11.0 Å². The molecule has 30 heavy (non-hydrogen) atoms. The van der Waals surface area contributed by atoms with Gasteiger partial charge in [-0.05, 0) is 17.7 Å². The van der Waals surface area contributed by atoms with Crippen molar-refractivity contribution in [2.75, 3.05) is 0 Å². The Hall–Kier alpha value is -3.55. The van der Waals surface area contributed by atoms with E-state index in [-0.39, 0.29) is 50.3 Å². The maximum Gasteiger partial charge on any atom is 0.202 e. The Kier molecular flexibility index (Phi) is 4.64. The largest absolute Gasteiger partial charge is 0.507 e. The average Bonchev–Trinajstić information content (AvgIpc) is 2.74. The summed E-state index contributed by atoms with van der Waals surface area (Å²) in [6, 6.07) is 6.67. The lowest BCUT2D eigenvalue weighted by atomic mass is 9.81. The van der Waals surface area contributed by atoms with Gasteiger partial charge in [-0.3, -0.25) is 14.4 Å². The van der Waals surface area contributed by atoms with E-state index in [9.17, 15) is 29.7 Å². The molecule has 1 unspecified atom stereocenters. The third-order valence-corrected chi connectivity index (χ3v) is 5.46. The number of rotatable bonds is 4. The highest BCUT2D eigenvalue weighted by Crippen LogP contribution is 2.37. The highest BCUT2D eigenvalue weighted by molar-refractivity contribution is 6.32. The summed E-state index contributed by atoms with van der Waals surface area (Å²) in [5.74, 6) is -2.10. The molecule has 1 heterocycles. The van der Waals surface area contributed by atoms with Crippen LogP contribution < -0.4 is 5.43 Å². The number of aliphatic hydroxyl groups excluding tert-OH is 2. The van der Waals surface area contributed by atoms with Gasteiger partial charge in [0.25, 0.3) is 0 Å². The molecule has 0 aliphatic heterocycles. The molecule has 3 N–H and O–H groups in total. The number of ketones is 2. The Morgan fingerprint density at radius 1 is 1.10 bits per heavy atom. The van der Waals surface area contributed by atoms with Crippen molar-refractivity contribution in [1.82, 2.24) is 0 Å². The first-order chi connectivity index (χ1) is 14.3. The summed E-state index contributed by atoms with van der Waals surface area (Å²) >= 11 is 0. The van der Waals surface area contributed by atoms with Crippen LogP contribution >= 0.6 is 0 Å². The number of carbonyl (C=O) groups excluding carboxylic acids is 2.